The lowest BCUT2D eigenvalue weighted by atomic mass is 10.0. The molecule has 0 radical (unpaired) electrons. The summed E-state index contributed by atoms with van der Waals surface area (Å²) in [5.41, 5.74) is 13.6. The van der Waals surface area contributed by atoms with Crippen LogP contribution in [0.1, 0.15) is 0 Å². The second kappa shape index (κ2) is 13.1. The van der Waals surface area contributed by atoms with Crippen molar-refractivity contribution in [2.45, 2.75) is 0 Å². The summed E-state index contributed by atoms with van der Waals surface area (Å²) in [7, 11) is 0. The molecule has 0 spiro atoms. The van der Waals surface area contributed by atoms with Gasteiger partial charge in [-0.25, -0.2) is 0 Å². The fraction of sp³-hybridized carbons (Fsp3) is 0. The predicted octanol–water partition coefficient (Wildman–Crippen LogP) is 16.3. The maximum Gasteiger partial charge on any atom is 0.143 e. The largest absolute Gasteiger partial charge is 0.455 e. The molecular weight excluding hydrogens is 727 g/mol. The molecule has 9 aromatic carbocycles. The Hall–Kier alpha value is -7.40. The van der Waals surface area contributed by atoms with E-state index in [9.17, 15) is 0 Å². The van der Waals surface area contributed by atoms with Gasteiger partial charge in [0.05, 0.1) is 0 Å². The van der Waals surface area contributed by atoms with Crippen molar-refractivity contribution >= 4 is 92.4 Å². The van der Waals surface area contributed by atoms with E-state index in [-0.39, 0.29) is 0 Å². The first kappa shape index (κ1) is 32.8. The molecule has 3 heterocycles. The Bertz CT molecular complexity index is 3340. The number of hydrogen-bond donors (Lipinski definition) is 0. The Morgan fingerprint density at radius 3 is 1.29 bits per heavy atom. The Kier molecular flexibility index (Phi) is 7.40. The summed E-state index contributed by atoms with van der Waals surface area (Å²) in [5, 5.41) is 7.14. The monoisotopic (exact) mass is 759 g/mol. The van der Waals surface area contributed by atoms with Gasteiger partial charge in [0.15, 0.2) is 0 Å². The predicted molar refractivity (Wildman–Crippen MR) is 245 cm³/mol. The van der Waals surface area contributed by atoms with Gasteiger partial charge in [0.2, 0.25) is 0 Å². The zero-order valence-electron chi connectivity index (χ0n) is 31.2. The van der Waals surface area contributed by atoms with Gasteiger partial charge in [-0.1, -0.05) is 133 Å². The van der Waals surface area contributed by atoms with Gasteiger partial charge >= 0.3 is 0 Å². The lowest BCUT2D eigenvalue weighted by molar-refractivity contribution is 0.669. The van der Waals surface area contributed by atoms with Crippen LogP contribution in [0.3, 0.4) is 0 Å². The van der Waals surface area contributed by atoms with E-state index in [4.69, 9.17) is 8.83 Å². The Morgan fingerprint density at radius 2 is 0.741 bits per heavy atom. The van der Waals surface area contributed by atoms with E-state index in [0.29, 0.717) is 0 Å². The third-order valence-electron chi connectivity index (χ3n) is 11.5. The molecule has 0 aliphatic rings. The first-order chi connectivity index (χ1) is 28.7. The summed E-state index contributed by atoms with van der Waals surface area (Å²) in [6.45, 7) is 0. The summed E-state index contributed by atoms with van der Waals surface area (Å²) in [4.78, 5) is 2.33. The van der Waals surface area contributed by atoms with Crippen LogP contribution in [-0.2, 0) is 0 Å². The fourth-order valence-electron chi connectivity index (χ4n) is 8.68. The number of thiophene rings is 1. The Morgan fingerprint density at radius 1 is 0.310 bits per heavy atom. The lowest BCUT2D eigenvalue weighted by Crippen LogP contribution is -2.09. The zero-order valence-corrected chi connectivity index (χ0v) is 32.0. The Balaban J connectivity index is 0.947. The van der Waals surface area contributed by atoms with E-state index in [1.54, 1.807) is 0 Å². The van der Waals surface area contributed by atoms with Crippen molar-refractivity contribution in [3.05, 3.63) is 200 Å². The van der Waals surface area contributed by atoms with Crippen LogP contribution in [0.5, 0.6) is 0 Å². The smallest absolute Gasteiger partial charge is 0.143 e. The highest BCUT2D eigenvalue weighted by Gasteiger charge is 2.18. The minimum atomic E-state index is 0.903. The zero-order chi connectivity index (χ0) is 38.2. The minimum absolute atomic E-state index is 0.903. The van der Waals surface area contributed by atoms with E-state index >= 15 is 0 Å². The molecule has 12 aromatic rings. The molecule has 0 fully saturated rings. The summed E-state index contributed by atoms with van der Waals surface area (Å²) < 4.78 is 15.5. The second-order valence-electron chi connectivity index (χ2n) is 14.8. The normalized spacial score (nSPS) is 11.8. The third-order valence-corrected chi connectivity index (χ3v) is 12.7. The first-order valence-electron chi connectivity index (χ1n) is 19.6. The van der Waals surface area contributed by atoms with E-state index < -0.39 is 0 Å². The van der Waals surface area contributed by atoms with E-state index in [2.05, 4.69) is 181 Å². The number of furan rings is 2. The Labute approximate surface area is 338 Å². The van der Waals surface area contributed by atoms with Crippen LogP contribution < -0.4 is 4.90 Å². The third kappa shape index (κ3) is 5.27. The molecule has 12 rings (SSSR count). The number of rotatable bonds is 6. The number of fused-ring (bicyclic) bond motifs is 9. The van der Waals surface area contributed by atoms with Crippen LogP contribution in [0.2, 0.25) is 0 Å². The average molecular weight is 760 g/mol. The van der Waals surface area contributed by atoms with Crippen LogP contribution in [0.4, 0.5) is 17.1 Å². The molecule has 3 aromatic heterocycles. The van der Waals surface area contributed by atoms with Crippen LogP contribution in [0.15, 0.2) is 209 Å². The summed E-state index contributed by atoms with van der Waals surface area (Å²) >= 11 is 1.85. The van der Waals surface area contributed by atoms with Crippen LogP contribution in [0.25, 0.3) is 97.4 Å². The van der Waals surface area contributed by atoms with E-state index in [0.717, 1.165) is 83.2 Å². The highest BCUT2D eigenvalue weighted by Crippen LogP contribution is 2.42. The number of nitrogens with zero attached hydrogens (tertiary/aromatic N) is 1. The van der Waals surface area contributed by atoms with Crippen molar-refractivity contribution in [1.29, 1.82) is 0 Å². The van der Waals surface area contributed by atoms with Gasteiger partial charge in [-0.2, -0.15) is 0 Å². The van der Waals surface area contributed by atoms with E-state index in [1.807, 2.05) is 35.6 Å². The topological polar surface area (TPSA) is 29.5 Å². The maximum atomic E-state index is 6.42. The molecular formula is C54H33NO2S. The van der Waals surface area contributed by atoms with Crippen LogP contribution in [-0.4, -0.2) is 0 Å². The van der Waals surface area contributed by atoms with E-state index in [1.165, 1.54) is 31.3 Å². The number of hydrogen-bond acceptors (Lipinski definition) is 4. The number of para-hydroxylation sites is 4. The van der Waals surface area contributed by atoms with Gasteiger partial charge in [0.1, 0.15) is 22.3 Å². The highest BCUT2D eigenvalue weighted by molar-refractivity contribution is 7.25. The van der Waals surface area contributed by atoms with Crippen molar-refractivity contribution in [3.8, 4) is 33.4 Å². The molecule has 0 N–H and O–H groups in total. The quantitative estimate of drug-likeness (QED) is 0.169. The highest BCUT2D eigenvalue weighted by atomic mass is 32.1. The SMILES string of the molecule is c1ccc2c(c1)oc1c(-c3ccc(N(c4ccc(-c5ccc6sc7ccccc7c6c5)cc4)c4ccc(-c5cccc6c5oc5ccccc56)cc4)cc3)cccc12. The van der Waals surface area contributed by atoms with Gasteiger partial charge in [-0.15, -0.1) is 11.3 Å². The molecule has 0 aliphatic carbocycles. The maximum absolute atomic E-state index is 6.42. The van der Waals surface area contributed by atoms with Crippen LogP contribution in [0, 0.1) is 0 Å². The number of benzene rings is 9. The molecule has 0 saturated heterocycles. The molecule has 0 saturated carbocycles. The van der Waals surface area contributed by atoms with Gasteiger partial charge in [0.25, 0.3) is 0 Å². The lowest BCUT2D eigenvalue weighted by Gasteiger charge is -2.26. The molecule has 58 heavy (non-hydrogen) atoms. The number of anilines is 3. The molecule has 0 aliphatic heterocycles. The van der Waals surface area contributed by atoms with Gasteiger partial charge in [-0.3, -0.25) is 0 Å². The molecule has 272 valence electrons. The fourth-order valence-corrected chi connectivity index (χ4v) is 9.77. The summed E-state index contributed by atoms with van der Waals surface area (Å²) in [5.74, 6) is 0. The van der Waals surface area contributed by atoms with Crippen molar-refractivity contribution in [1.82, 2.24) is 0 Å². The van der Waals surface area contributed by atoms with Crippen molar-refractivity contribution in [3.63, 3.8) is 0 Å². The van der Waals surface area contributed by atoms with Gasteiger partial charge < -0.3 is 13.7 Å². The molecule has 0 bridgehead atoms. The summed E-state index contributed by atoms with van der Waals surface area (Å²) in [6, 6.07) is 71.5. The second-order valence-corrected chi connectivity index (χ2v) is 15.9. The van der Waals surface area contributed by atoms with Gasteiger partial charge in [0, 0.05) is 69.9 Å². The molecule has 0 atom stereocenters. The molecule has 0 amide bonds. The molecule has 4 heteroatoms. The summed E-state index contributed by atoms with van der Waals surface area (Å²) in [6.07, 6.45) is 0. The van der Waals surface area contributed by atoms with Crippen molar-refractivity contribution < 1.29 is 8.83 Å². The molecule has 0 unspecified atom stereocenters. The average Bonchev–Trinajstić information content (AvgIpc) is 3.98. The first-order valence-corrected chi connectivity index (χ1v) is 20.4. The van der Waals surface area contributed by atoms with Crippen LogP contribution >= 0.6 is 11.3 Å². The van der Waals surface area contributed by atoms with Crippen molar-refractivity contribution in [2.24, 2.45) is 0 Å². The standard InChI is InChI=1S/C54H33NO2S/c1-4-16-49-43(9-1)46-14-7-12-41(53(46)56-49)35-21-28-39(29-22-35)55(38-26-19-34(20-27-38)37-25-32-52-48(33-37)45-11-3-6-18-51(45)58-52)40-30-23-36(24-31-40)42-13-8-15-47-44-10-2-5-17-50(44)57-54(42)47/h1-33H. The van der Waals surface area contributed by atoms with Gasteiger partial charge in [-0.05, 0) is 89.0 Å². The minimum Gasteiger partial charge on any atom is -0.455 e. The van der Waals surface area contributed by atoms with Crippen molar-refractivity contribution in [2.75, 3.05) is 4.90 Å². The molecule has 3 nitrogen and oxygen atoms in total.